The Labute approximate surface area is 213 Å². The minimum absolute atomic E-state index is 0.124. The Balaban J connectivity index is 1.32. The van der Waals surface area contributed by atoms with Crippen molar-refractivity contribution in [2.24, 2.45) is 5.41 Å². The zero-order valence-corrected chi connectivity index (χ0v) is 21.8. The summed E-state index contributed by atoms with van der Waals surface area (Å²) in [4.78, 5) is 29.6. The highest BCUT2D eigenvalue weighted by Gasteiger charge is 2.41. The van der Waals surface area contributed by atoms with Crippen LogP contribution in [0.1, 0.15) is 40.0 Å². The van der Waals surface area contributed by atoms with Crippen molar-refractivity contribution in [2.45, 2.75) is 68.2 Å². The van der Waals surface area contributed by atoms with Crippen LogP contribution >= 0.6 is 23.4 Å². The monoisotopic (exact) mass is 515 g/mol. The van der Waals surface area contributed by atoms with Crippen LogP contribution in [0.4, 0.5) is 5.82 Å². The highest BCUT2D eigenvalue weighted by Crippen LogP contribution is 2.42. The molecule has 2 fully saturated rings. The van der Waals surface area contributed by atoms with E-state index in [-0.39, 0.29) is 12.1 Å². The van der Waals surface area contributed by atoms with Gasteiger partial charge in [-0.1, -0.05) is 23.4 Å². The molecule has 10 heteroatoms. The van der Waals surface area contributed by atoms with Crippen molar-refractivity contribution in [3.05, 3.63) is 46.2 Å². The molecule has 186 valence electrons. The molecule has 3 aromatic rings. The first-order valence-corrected chi connectivity index (χ1v) is 13.1. The van der Waals surface area contributed by atoms with Crippen LogP contribution in [0, 0.1) is 5.41 Å². The molecule has 0 radical (unpaired) electrons. The minimum Gasteiger partial charge on any atom is -0.389 e. The topological polar surface area (TPSA) is 93.4 Å². The number of piperidine rings is 1. The van der Waals surface area contributed by atoms with Gasteiger partial charge in [0.15, 0.2) is 0 Å². The molecule has 0 bridgehead atoms. The van der Waals surface area contributed by atoms with E-state index >= 15 is 0 Å². The number of hydrogen-bond donors (Lipinski definition) is 1. The number of anilines is 1. The van der Waals surface area contributed by atoms with Gasteiger partial charge in [0, 0.05) is 18.0 Å². The maximum atomic E-state index is 13.0. The molecule has 2 aliphatic rings. The largest absolute Gasteiger partial charge is 0.389 e. The van der Waals surface area contributed by atoms with Gasteiger partial charge in [0.2, 0.25) is 0 Å². The molecule has 5 rings (SSSR count). The lowest BCUT2D eigenvalue weighted by atomic mass is 9.77. The highest BCUT2D eigenvalue weighted by atomic mass is 35.5. The van der Waals surface area contributed by atoms with E-state index in [1.54, 1.807) is 32.3 Å². The van der Waals surface area contributed by atoms with Crippen molar-refractivity contribution in [1.29, 1.82) is 0 Å². The van der Waals surface area contributed by atoms with Crippen molar-refractivity contribution in [3.63, 3.8) is 0 Å². The summed E-state index contributed by atoms with van der Waals surface area (Å²) in [7, 11) is 0. The summed E-state index contributed by atoms with van der Waals surface area (Å²) in [6.07, 6.45) is 8.73. The summed E-state index contributed by atoms with van der Waals surface area (Å²) < 4.78 is 7.22. The second-order valence-electron chi connectivity index (χ2n) is 10.4. The Bertz CT molecular complexity index is 1280. The number of rotatable bonds is 5. The quantitative estimate of drug-likeness (QED) is 0.541. The van der Waals surface area contributed by atoms with E-state index in [2.05, 4.69) is 26.8 Å². The molecule has 1 aromatic carbocycles. The smallest absolute Gasteiger partial charge is 0.262 e. The molecular weight excluding hydrogens is 486 g/mol. The summed E-state index contributed by atoms with van der Waals surface area (Å²) in [6, 6.07) is 3.62. The average molecular weight is 516 g/mol. The van der Waals surface area contributed by atoms with Gasteiger partial charge in [0.1, 0.15) is 10.8 Å². The number of halogens is 1. The lowest BCUT2D eigenvalue weighted by Crippen LogP contribution is -2.41. The summed E-state index contributed by atoms with van der Waals surface area (Å²) >= 11 is 8.02. The van der Waals surface area contributed by atoms with Crippen molar-refractivity contribution < 1.29 is 9.84 Å². The van der Waals surface area contributed by atoms with Crippen LogP contribution in [0.5, 0.6) is 0 Å². The fraction of sp³-hybridized carbons (Fsp3) is 0.520. The fourth-order valence-electron chi connectivity index (χ4n) is 5.04. The lowest BCUT2D eigenvalue weighted by molar-refractivity contribution is 0.0603. The van der Waals surface area contributed by atoms with E-state index < -0.39 is 5.60 Å². The van der Waals surface area contributed by atoms with E-state index in [1.807, 2.05) is 6.07 Å². The zero-order chi connectivity index (χ0) is 24.8. The normalized spacial score (nSPS) is 20.1. The summed E-state index contributed by atoms with van der Waals surface area (Å²) in [6.45, 7) is 8.35. The Hall–Kier alpha value is -2.20. The second kappa shape index (κ2) is 9.35. The Kier molecular flexibility index (Phi) is 6.54. The highest BCUT2D eigenvalue weighted by molar-refractivity contribution is 7.99. The first-order valence-electron chi connectivity index (χ1n) is 11.9. The third-order valence-electron chi connectivity index (χ3n) is 6.82. The minimum atomic E-state index is -1.05. The van der Waals surface area contributed by atoms with E-state index in [4.69, 9.17) is 16.3 Å². The van der Waals surface area contributed by atoms with E-state index in [0.29, 0.717) is 37.4 Å². The second-order valence-corrected chi connectivity index (χ2v) is 11.8. The van der Waals surface area contributed by atoms with E-state index in [1.165, 1.54) is 22.7 Å². The van der Waals surface area contributed by atoms with Crippen LogP contribution in [-0.2, 0) is 11.3 Å². The van der Waals surface area contributed by atoms with E-state index in [0.717, 1.165) is 44.8 Å². The standard InChI is InChI=1S/C25H30ClN5O3S/c1-16-10-25(14-34-16)6-8-30(9-7-25)19-11-28-20(12-27-19)35-18-5-4-17-21(22(18)26)23(32)31(15-29-17)13-24(2,3)33/h4-5,11-12,15-16,33H,6-10,13-14H2,1-3H3/t16-/m0/s1. The van der Waals surface area contributed by atoms with Crippen molar-refractivity contribution in [1.82, 2.24) is 19.5 Å². The molecule has 2 aromatic heterocycles. The first-order chi connectivity index (χ1) is 16.6. The molecule has 1 atom stereocenters. The molecule has 1 spiro atoms. The van der Waals surface area contributed by atoms with Crippen LogP contribution in [-0.4, -0.2) is 56.0 Å². The third kappa shape index (κ3) is 5.18. The van der Waals surface area contributed by atoms with Crippen LogP contribution in [0.15, 0.2) is 45.6 Å². The maximum absolute atomic E-state index is 13.0. The first kappa shape index (κ1) is 24.5. The number of fused-ring (bicyclic) bond motifs is 1. The van der Waals surface area contributed by atoms with Crippen LogP contribution < -0.4 is 10.5 Å². The van der Waals surface area contributed by atoms with Gasteiger partial charge in [-0.05, 0) is 57.6 Å². The molecule has 2 aliphatic heterocycles. The molecule has 35 heavy (non-hydrogen) atoms. The van der Waals surface area contributed by atoms with Crippen LogP contribution in [0.25, 0.3) is 10.9 Å². The van der Waals surface area contributed by atoms with Gasteiger partial charge in [0.05, 0.1) is 59.5 Å². The van der Waals surface area contributed by atoms with Gasteiger partial charge in [0.25, 0.3) is 5.56 Å². The maximum Gasteiger partial charge on any atom is 0.262 e. The van der Waals surface area contributed by atoms with Crippen molar-refractivity contribution in [3.8, 4) is 0 Å². The average Bonchev–Trinajstić information content (AvgIpc) is 3.17. The lowest BCUT2D eigenvalue weighted by Gasteiger charge is -2.38. The molecule has 0 aliphatic carbocycles. The van der Waals surface area contributed by atoms with E-state index in [9.17, 15) is 9.90 Å². The molecule has 2 saturated heterocycles. The summed E-state index contributed by atoms with van der Waals surface area (Å²) in [5.41, 5.74) is -0.487. The Morgan fingerprint density at radius 1 is 1.23 bits per heavy atom. The third-order valence-corrected chi connectivity index (χ3v) is 8.31. The SMILES string of the molecule is C[C@H]1CC2(CCN(c3cnc(Sc4ccc5ncn(CC(C)(C)O)c(=O)c5c4Cl)cn3)CC2)CO1. The summed E-state index contributed by atoms with van der Waals surface area (Å²) in [5.74, 6) is 0.875. The summed E-state index contributed by atoms with van der Waals surface area (Å²) in [5, 5.41) is 11.5. The van der Waals surface area contributed by atoms with Gasteiger partial charge in [-0.25, -0.2) is 15.0 Å². The Morgan fingerprint density at radius 3 is 2.63 bits per heavy atom. The molecule has 1 N–H and O–H groups in total. The number of aliphatic hydroxyl groups is 1. The van der Waals surface area contributed by atoms with Crippen molar-refractivity contribution >= 4 is 40.1 Å². The van der Waals surface area contributed by atoms with Crippen LogP contribution in [0.2, 0.25) is 5.02 Å². The van der Waals surface area contributed by atoms with Gasteiger partial charge in [-0.3, -0.25) is 9.36 Å². The molecule has 0 saturated carbocycles. The number of benzene rings is 1. The van der Waals surface area contributed by atoms with Gasteiger partial charge in [-0.15, -0.1) is 0 Å². The van der Waals surface area contributed by atoms with Gasteiger partial charge < -0.3 is 14.7 Å². The number of hydrogen-bond acceptors (Lipinski definition) is 8. The van der Waals surface area contributed by atoms with Crippen molar-refractivity contribution in [2.75, 3.05) is 24.6 Å². The Morgan fingerprint density at radius 2 is 2.00 bits per heavy atom. The van der Waals surface area contributed by atoms with Crippen LogP contribution in [0.3, 0.4) is 0 Å². The zero-order valence-electron chi connectivity index (χ0n) is 20.2. The number of nitrogens with zero attached hydrogens (tertiary/aromatic N) is 5. The van der Waals surface area contributed by atoms with Gasteiger partial charge >= 0.3 is 0 Å². The number of ether oxygens (including phenoxy) is 1. The molecule has 4 heterocycles. The predicted octanol–water partition coefficient (Wildman–Crippen LogP) is 4.16. The molecule has 8 nitrogen and oxygen atoms in total. The fourth-order valence-corrected chi connectivity index (χ4v) is 6.16. The molecule has 0 unspecified atom stereocenters. The molecular formula is C25H30ClN5O3S. The predicted molar refractivity (Wildman–Crippen MR) is 137 cm³/mol. The molecule has 0 amide bonds. The number of aromatic nitrogens is 4. The van der Waals surface area contributed by atoms with Gasteiger partial charge in [-0.2, -0.15) is 0 Å².